The molecule has 0 bridgehead atoms. The molecular weight excluding hydrogens is 821 g/mol. The Morgan fingerprint density at radius 3 is 1.70 bits per heavy atom. The standard InChI is InChI=1S/C45H51F2N7O9/c1-23(2)37(50-44(59)61-5)41(57)52-15-7-9-33(52)39(55)48-29-12-14-32-25(19-29)20-35-31-13-11-30(22-36(31)63-43(54(32)35)26-17-27(46)21-28(47)18-26)49-40(56)34-10-8-16-53(34)42(58)38(24(3)4)51-45(60)62-6/h11-14,17-24,33-34,37-38,43H,7-10,15-16H2,1-6H3,(H,48,55)(H,49,56)(H,50,59)(H,51,60)/t33-,34-,37?,38-,43?/m0/s1. The Balaban J connectivity index is 1.16. The zero-order valence-corrected chi connectivity index (χ0v) is 35.8. The van der Waals surface area contributed by atoms with Gasteiger partial charge in [-0.2, -0.15) is 0 Å². The largest absolute Gasteiger partial charge is 0.465 e. The molecule has 3 aliphatic heterocycles. The SMILES string of the molecule is COC(=O)NC(C(=O)N1CCC[C@H]1C(=O)Nc1ccc2c(c1)cc1n2C(c2cc(F)cc(F)c2)Oc2cc(NC(=O)[C@@H]3CCCN3C(=O)[C@@H](NC(=O)OC)C(C)C)ccc2-1)C(C)C. The van der Waals surface area contributed by atoms with Crippen molar-refractivity contribution in [3.8, 4) is 17.0 Å². The second-order valence-electron chi connectivity index (χ2n) is 16.6. The number of anilines is 2. The summed E-state index contributed by atoms with van der Waals surface area (Å²) in [5.41, 5.74) is 2.82. The highest BCUT2D eigenvalue weighted by molar-refractivity contribution is 6.02. The number of carbonyl (C=O) groups excluding carboxylic acids is 6. The number of alkyl carbamates (subject to hydrolysis) is 2. The van der Waals surface area contributed by atoms with E-state index in [1.54, 1.807) is 68.7 Å². The fourth-order valence-corrected chi connectivity index (χ4v) is 8.60. The minimum atomic E-state index is -1.06. The highest BCUT2D eigenvalue weighted by atomic mass is 19.1. The minimum absolute atomic E-state index is 0.177. The van der Waals surface area contributed by atoms with E-state index in [2.05, 4.69) is 21.3 Å². The Bertz CT molecular complexity index is 2440. The molecule has 16 nitrogen and oxygen atoms in total. The molecule has 4 aromatic rings. The van der Waals surface area contributed by atoms with Crippen molar-refractivity contribution >= 4 is 58.1 Å². The molecule has 3 aromatic carbocycles. The number of hydrogen-bond acceptors (Lipinski definition) is 9. The number of nitrogens with one attached hydrogen (secondary N) is 4. The molecule has 2 saturated heterocycles. The molecule has 3 aliphatic rings. The molecule has 63 heavy (non-hydrogen) atoms. The first-order valence-electron chi connectivity index (χ1n) is 20.9. The van der Waals surface area contributed by atoms with Crippen LogP contribution in [0.4, 0.5) is 29.7 Å². The topological polar surface area (TPSA) is 190 Å². The third kappa shape index (κ3) is 9.11. The van der Waals surface area contributed by atoms with Crippen LogP contribution in [0.3, 0.4) is 0 Å². The predicted molar refractivity (Wildman–Crippen MR) is 228 cm³/mol. The Kier molecular flexibility index (Phi) is 12.9. The summed E-state index contributed by atoms with van der Waals surface area (Å²) < 4.78 is 47.2. The zero-order chi connectivity index (χ0) is 45.3. The smallest absolute Gasteiger partial charge is 0.407 e. The maximum atomic E-state index is 14.8. The summed E-state index contributed by atoms with van der Waals surface area (Å²) in [5, 5.41) is 11.7. The van der Waals surface area contributed by atoms with Crippen LogP contribution >= 0.6 is 0 Å². The van der Waals surface area contributed by atoms with E-state index in [9.17, 15) is 37.5 Å². The van der Waals surface area contributed by atoms with Crippen molar-refractivity contribution in [2.45, 2.75) is 83.8 Å². The monoisotopic (exact) mass is 871 g/mol. The van der Waals surface area contributed by atoms with E-state index < -0.39 is 71.9 Å². The highest BCUT2D eigenvalue weighted by Gasteiger charge is 2.41. The molecule has 0 radical (unpaired) electrons. The fourth-order valence-electron chi connectivity index (χ4n) is 8.60. The molecule has 7 rings (SSSR count). The first-order chi connectivity index (χ1) is 30.1. The number of methoxy groups -OCH3 is 2. The predicted octanol–water partition coefficient (Wildman–Crippen LogP) is 6.15. The average Bonchev–Trinajstić information content (AvgIpc) is 4.02. The number of amides is 6. The minimum Gasteiger partial charge on any atom is -0.465 e. The van der Waals surface area contributed by atoms with Crippen molar-refractivity contribution < 1.29 is 51.8 Å². The number of aromatic nitrogens is 1. The maximum absolute atomic E-state index is 14.8. The second-order valence-corrected chi connectivity index (χ2v) is 16.6. The van der Waals surface area contributed by atoms with Crippen molar-refractivity contribution in [2.75, 3.05) is 37.9 Å². The molecule has 2 unspecified atom stereocenters. The van der Waals surface area contributed by atoms with Gasteiger partial charge in [0.15, 0.2) is 0 Å². The van der Waals surface area contributed by atoms with Crippen LogP contribution < -0.4 is 26.0 Å². The highest BCUT2D eigenvalue weighted by Crippen LogP contribution is 2.46. The van der Waals surface area contributed by atoms with E-state index in [0.717, 1.165) is 6.07 Å². The van der Waals surface area contributed by atoms with Crippen LogP contribution in [0.25, 0.3) is 22.2 Å². The lowest BCUT2D eigenvalue weighted by molar-refractivity contribution is -0.139. The molecule has 6 amide bonds. The fraction of sp³-hybridized carbons (Fsp3) is 0.422. The third-order valence-electron chi connectivity index (χ3n) is 11.7. The van der Waals surface area contributed by atoms with Gasteiger partial charge in [-0.1, -0.05) is 27.7 Å². The van der Waals surface area contributed by atoms with Crippen molar-refractivity contribution in [3.63, 3.8) is 0 Å². The van der Waals surface area contributed by atoms with Crippen LogP contribution in [0, 0.1) is 23.5 Å². The molecule has 0 saturated carbocycles. The van der Waals surface area contributed by atoms with Crippen LogP contribution in [0.1, 0.15) is 65.2 Å². The summed E-state index contributed by atoms with van der Waals surface area (Å²) in [4.78, 5) is 81.7. The van der Waals surface area contributed by atoms with Crippen LogP contribution in [0.5, 0.6) is 5.75 Å². The molecule has 18 heteroatoms. The van der Waals surface area contributed by atoms with Crippen LogP contribution in [0.2, 0.25) is 0 Å². The van der Waals surface area contributed by atoms with Crippen molar-refractivity contribution in [2.24, 2.45) is 11.8 Å². The van der Waals surface area contributed by atoms with Gasteiger partial charge in [-0.15, -0.1) is 0 Å². The summed E-state index contributed by atoms with van der Waals surface area (Å²) in [6, 6.07) is 11.8. The van der Waals surface area contributed by atoms with Crippen LogP contribution in [0.15, 0.2) is 60.7 Å². The summed E-state index contributed by atoms with van der Waals surface area (Å²) in [6.45, 7) is 7.82. The summed E-state index contributed by atoms with van der Waals surface area (Å²) in [7, 11) is 2.42. The number of nitrogens with zero attached hydrogens (tertiary/aromatic N) is 3. The van der Waals surface area contributed by atoms with Gasteiger partial charge in [0.25, 0.3) is 0 Å². The van der Waals surface area contributed by atoms with Crippen molar-refractivity contribution in [3.05, 3.63) is 77.9 Å². The lowest BCUT2D eigenvalue weighted by Crippen LogP contribution is -2.54. The Morgan fingerprint density at radius 2 is 1.19 bits per heavy atom. The van der Waals surface area contributed by atoms with Gasteiger partial charge < -0.3 is 49.8 Å². The van der Waals surface area contributed by atoms with Crippen molar-refractivity contribution in [1.82, 2.24) is 25.0 Å². The molecule has 4 heterocycles. The number of hydrogen-bond donors (Lipinski definition) is 4. The number of likely N-dealkylation sites (tertiary alicyclic amines) is 2. The number of benzene rings is 3. The van der Waals surface area contributed by atoms with E-state index in [-0.39, 0.29) is 23.3 Å². The van der Waals surface area contributed by atoms with Crippen molar-refractivity contribution in [1.29, 1.82) is 0 Å². The van der Waals surface area contributed by atoms with Crippen LogP contribution in [-0.2, 0) is 28.7 Å². The first-order valence-corrected chi connectivity index (χ1v) is 20.9. The summed E-state index contributed by atoms with van der Waals surface area (Å²) in [5.74, 6) is -3.47. The number of fused-ring (bicyclic) bond motifs is 5. The number of rotatable bonds is 11. The van der Waals surface area contributed by atoms with E-state index >= 15 is 0 Å². The second kappa shape index (κ2) is 18.3. The average molecular weight is 872 g/mol. The lowest BCUT2D eigenvalue weighted by Gasteiger charge is -2.31. The summed E-state index contributed by atoms with van der Waals surface area (Å²) >= 11 is 0. The van der Waals surface area contributed by atoms with Gasteiger partial charge in [0.1, 0.15) is 41.6 Å². The number of carbonyl (C=O) groups is 6. The van der Waals surface area contributed by atoms with Gasteiger partial charge in [0.05, 0.1) is 25.4 Å². The Morgan fingerprint density at radius 1 is 0.683 bits per heavy atom. The lowest BCUT2D eigenvalue weighted by atomic mass is 10.0. The first kappa shape index (κ1) is 44.3. The maximum Gasteiger partial charge on any atom is 0.407 e. The van der Waals surface area contributed by atoms with Gasteiger partial charge in [0, 0.05) is 53.1 Å². The third-order valence-corrected chi connectivity index (χ3v) is 11.7. The van der Waals surface area contributed by atoms with Gasteiger partial charge in [-0.3, -0.25) is 19.2 Å². The molecule has 334 valence electrons. The van der Waals surface area contributed by atoms with E-state index in [4.69, 9.17) is 14.2 Å². The van der Waals surface area contributed by atoms with E-state index in [0.29, 0.717) is 78.1 Å². The van der Waals surface area contributed by atoms with Gasteiger partial charge in [-0.05, 0) is 86.1 Å². The molecule has 0 spiro atoms. The quantitative estimate of drug-likeness (QED) is 0.137. The molecule has 5 atom stereocenters. The number of halogens is 2. The molecule has 0 aliphatic carbocycles. The van der Waals surface area contributed by atoms with E-state index in [1.165, 1.54) is 36.2 Å². The van der Waals surface area contributed by atoms with E-state index in [1.807, 2.05) is 6.07 Å². The molecule has 4 N–H and O–H groups in total. The van der Waals surface area contributed by atoms with Gasteiger partial charge >= 0.3 is 12.2 Å². The van der Waals surface area contributed by atoms with Gasteiger partial charge in [-0.25, -0.2) is 18.4 Å². The van der Waals surface area contributed by atoms with Gasteiger partial charge in [0.2, 0.25) is 29.9 Å². The van der Waals surface area contributed by atoms with Crippen LogP contribution in [-0.4, -0.2) is 102 Å². The summed E-state index contributed by atoms with van der Waals surface area (Å²) in [6.07, 6.45) is -0.558. The Hall–Kier alpha value is -6.72. The molecule has 2 fully saturated rings. The Labute approximate surface area is 362 Å². The zero-order valence-electron chi connectivity index (χ0n) is 35.8. The molecular formula is C45H51F2N7O9. The number of ether oxygens (including phenoxy) is 3. The molecule has 1 aromatic heterocycles. The normalized spacial score (nSPS) is 18.9.